The van der Waals surface area contributed by atoms with E-state index in [1.54, 1.807) is 12.4 Å². The van der Waals surface area contributed by atoms with Crippen LogP contribution in [0.2, 0.25) is 0 Å². The number of ether oxygens (including phenoxy) is 1. The van der Waals surface area contributed by atoms with Crippen LogP contribution in [0.5, 0.6) is 5.75 Å². The van der Waals surface area contributed by atoms with Crippen LogP contribution in [0, 0.1) is 10.8 Å². The van der Waals surface area contributed by atoms with Crippen LogP contribution in [0.1, 0.15) is 19.3 Å². The smallest absolute Gasteiger partial charge is 0.309 e. The Hall–Kier alpha value is -2.37. The molecule has 0 spiro atoms. The number of nitrogens with zero attached hydrogens (tertiary/aromatic N) is 2. The molecule has 2 N–H and O–H groups in total. The molecule has 6 nitrogen and oxygen atoms in total. The Morgan fingerprint density at radius 2 is 2.14 bits per heavy atom. The summed E-state index contributed by atoms with van der Waals surface area (Å²) in [6.07, 6.45) is 5.61. The Bertz CT molecular complexity index is 659. The molecule has 0 aliphatic heterocycles. The first-order valence-corrected chi connectivity index (χ1v) is 6.93. The summed E-state index contributed by atoms with van der Waals surface area (Å²) in [5.41, 5.74) is 1.33. The van der Waals surface area contributed by atoms with Crippen LogP contribution in [0.15, 0.2) is 30.6 Å². The average molecular weight is 285 g/mol. The van der Waals surface area contributed by atoms with Crippen LogP contribution >= 0.6 is 0 Å². The van der Waals surface area contributed by atoms with E-state index in [0.717, 1.165) is 30.7 Å². The molecule has 2 aromatic rings. The molecule has 2 heterocycles. The zero-order valence-corrected chi connectivity index (χ0v) is 11.4. The van der Waals surface area contributed by atoms with E-state index in [1.807, 2.05) is 18.2 Å². The molecule has 108 valence electrons. The molecule has 0 aromatic carbocycles. The minimum atomic E-state index is -0.657. The zero-order valence-electron chi connectivity index (χ0n) is 11.4. The summed E-state index contributed by atoms with van der Waals surface area (Å²) in [5, 5.41) is 15.8. The zero-order chi connectivity index (χ0) is 14.5. The van der Waals surface area contributed by atoms with Gasteiger partial charge in [0, 0.05) is 11.6 Å². The van der Waals surface area contributed by atoms with Crippen LogP contribution in [-0.2, 0) is 4.79 Å². The summed E-state index contributed by atoms with van der Waals surface area (Å²) in [7, 11) is 0. The number of hydrogen-bond acceptors (Lipinski definition) is 4. The van der Waals surface area contributed by atoms with E-state index in [-0.39, 0.29) is 5.41 Å². The predicted molar refractivity (Wildman–Crippen MR) is 73.7 cm³/mol. The Morgan fingerprint density at radius 3 is 2.71 bits per heavy atom. The van der Waals surface area contributed by atoms with Crippen molar-refractivity contribution in [1.29, 1.82) is 0 Å². The normalized spacial score (nSPS) is 29.3. The highest BCUT2D eigenvalue weighted by Gasteiger charge is 2.72. The first-order chi connectivity index (χ1) is 10.1. The van der Waals surface area contributed by atoms with Crippen molar-refractivity contribution in [3.63, 3.8) is 0 Å². The number of carbonyl (C=O) groups is 1. The molecule has 21 heavy (non-hydrogen) atoms. The number of carboxylic acids is 1. The molecule has 0 radical (unpaired) electrons. The molecule has 0 saturated heterocycles. The Morgan fingerprint density at radius 1 is 1.33 bits per heavy atom. The highest BCUT2D eigenvalue weighted by atomic mass is 16.5. The number of H-pyrrole nitrogens is 1. The molecule has 0 unspecified atom stereocenters. The summed E-state index contributed by atoms with van der Waals surface area (Å²) < 4.78 is 5.77. The SMILES string of the molecule is O=C(O)C12CC(COc3ccc(-c4ccn[nH]4)nc3)(C1)C2. The number of carboxylic acid groups (broad SMARTS) is 1. The van der Waals surface area contributed by atoms with Gasteiger partial charge in [0.2, 0.25) is 0 Å². The molecule has 2 aromatic heterocycles. The topological polar surface area (TPSA) is 88.1 Å². The fraction of sp³-hybridized carbons (Fsp3) is 0.400. The van der Waals surface area contributed by atoms with E-state index >= 15 is 0 Å². The predicted octanol–water partition coefficient (Wildman–Crippen LogP) is 2.11. The Balaban J connectivity index is 1.36. The van der Waals surface area contributed by atoms with Gasteiger partial charge >= 0.3 is 5.97 Å². The van der Waals surface area contributed by atoms with Gasteiger partial charge in [0.15, 0.2) is 0 Å². The van der Waals surface area contributed by atoms with E-state index in [1.165, 1.54) is 0 Å². The molecule has 5 rings (SSSR count). The number of rotatable bonds is 5. The lowest BCUT2D eigenvalue weighted by molar-refractivity contribution is -0.231. The third kappa shape index (κ3) is 1.82. The van der Waals surface area contributed by atoms with Gasteiger partial charge in [0.1, 0.15) is 5.75 Å². The molecule has 3 fully saturated rings. The van der Waals surface area contributed by atoms with Gasteiger partial charge in [-0.25, -0.2) is 0 Å². The number of nitrogens with one attached hydrogen (secondary N) is 1. The second kappa shape index (κ2) is 4.07. The highest BCUT2D eigenvalue weighted by Crippen LogP contribution is 2.73. The lowest BCUT2D eigenvalue weighted by Crippen LogP contribution is -2.67. The lowest BCUT2D eigenvalue weighted by atomic mass is 9.35. The Kier molecular flexibility index (Phi) is 2.40. The van der Waals surface area contributed by atoms with Gasteiger partial charge in [-0.15, -0.1) is 0 Å². The molecule has 0 amide bonds. The number of aliphatic carboxylic acids is 1. The monoisotopic (exact) mass is 285 g/mol. The minimum absolute atomic E-state index is 0.0838. The first kappa shape index (κ1) is 12.4. The van der Waals surface area contributed by atoms with Crippen molar-refractivity contribution in [3.8, 4) is 17.1 Å². The van der Waals surface area contributed by atoms with Crippen LogP contribution in [0.4, 0.5) is 0 Å². The van der Waals surface area contributed by atoms with Crippen LogP contribution in [-0.4, -0.2) is 32.9 Å². The molecule has 3 aliphatic carbocycles. The number of aromatic nitrogens is 3. The first-order valence-electron chi connectivity index (χ1n) is 6.93. The lowest BCUT2D eigenvalue weighted by Gasteiger charge is -2.67. The van der Waals surface area contributed by atoms with Crippen molar-refractivity contribution in [1.82, 2.24) is 15.2 Å². The maximum Gasteiger partial charge on any atom is 0.309 e. The summed E-state index contributed by atoms with van der Waals surface area (Å²) in [6, 6.07) is 5.61. The summed E-state index contributed by atoms with van der Waals surface area (Å²) in [4.78, 5) is 15.4. The summed E-state index contributed by atoms with van der Waals surface area (Å²) in [5.74, 6) is 0.0577. The second-order valence-corrected chi connectivity index (χ2v) is 6.25. The quantitative estimate of drug-likeness (QED) is 0.878. The van der Waals surface area contributed by atoms with Gasteiger partial charge in [0.05, 0.1) is 29.6 Å². The van der Waals surface area contributed by atoms with E-state index in [2.05, 4.69) is 15.2 Å². The summed E-state index contributed by atoms with van der Waals surface area (Å²) >= 11 is 0. The van der Waals surface area contributed by atoms with Crippen molar-refractivity contribution in [2.24, 2.45) is 10.8 Å². The fourth-order valence-corrected chi connectivity index (χ4v) is 3.64. The average Bonchev–Trinajstić information content (AvgIpc) is 2.89. The summed E-state index contributed by atoms with van der Waals surface area (Å²) in [6.45, 7) is 0.577. The van der Waals surface area contributed by atoms with Gasteiger partial charge < -0.3 is 9.84 Å². The standard InChI is InChI=1S/C15H15N3O3/c19-13(20)15-6-14(7-15,8-15)9-21-10-1-2-11(16-5-10)12-3-4-17-18-12/h1-5H,6-9H2,(H,17,18)(H,19,20). The molecule has 0 atom stereocenters. The van der Waals surface area contributed by atoms with Crippen molar-refractivity contribution < 1.29 is 14.6 Å². The van der Waals surface area contributed by atoms with Crippen molar-refractivity contribution in [2.75, 3.05) is 6.61 Å². The molecule has 3 saturated carbocycles. The van der Waals surface area contributed by atoms with E-state index < -0.39 is 11.4 Å². The van der Waals surface area contributed by atoms with Crippen LogP contribution < -0.4 is 4.74 Å². The fourth-order valence-electron chi connectivity index (χ4n) is 3.64. The van der Waals surface area contributed by atoms with Crippen LogP contribution in [0.25, 0.3) is 11.4 Å². The minimum Gasteiger partial charge on any atom is -0.491 e. The third-order valence-electron chi connectivity index (χ3n) is 4.65. The third-order valence-corrected chi connectivity index (χ3v) is 4.65. The molecule has 3 aliphatic rings. The number of pyridine rings is 1. The molecule has 6 heteroatoms. The van der Waals surface area contributed by atoms with E-state index in [0.29, 0.717) is 12.4 Å². The maximum absolute atomic E-state index is 11.0. The van der Waals surface area contributed by atoms with Crippen LogP contribution in [0.3, 0.4) is 0 Å². The maximum atomic E-state index is 11.0. The van der Waals surface area contributed by atoms with Gasteiger partial charge in [-0.3, -0.25) is 14.9 Å². The van der Waals surface area contributed by atoms with Crippen molar-refractivity contribution in [3.05, 3.63) is 30.6 Å². The number of aromatic amines is 1. The second-order valence-electron chi connectivity index (χ2n) is 6.25. The van der Waals surface area contributed by atoms with E-state index in [4.69, 9.17) is 9.84 Å². The number of hydrogen-bond donors (Lipinski definition) is 2. The van der Waals surface area contributed by atoms with Gasteiger partial charge in [-0.1, -0.05) is 0 Å². The highest BCUT2D eigenvalue weighted by molar-refractivity contribution is 5.79. The largest absolute Gasteiger partial charge is 0.491 e. The van der Waals surface area contributed by atoms with Gasteiger partial charge in [-0.2, -0.15) is 5.10 Å². The van der Waals surface area contributed by atoms with Gasteiger partial charge in [-0.05, 0) is 37.5 Å². The van der Waals surface area contributed by atoms with Gasteiger partial charge in [0.25, 0.3) is 0 Å². The molecular weight excluding hydrogens is 270 g/mol. The van der Waals surface area contributed by atoms with Crippen molar-refractivity contribution in [2.45, 2.75) is 19.3 Å². The molecule has 2 bridgehead atoms. The van der Waals surface area contributed by atoms with Crippen molar-refractivity contribution >= 4 is 5.97 Å². The molecular formula is C15H15N3O3. The van der Waals surface area contributed by atoms with E-state index in [9.17, 15) is 4.79 Å². The Labute approximate surface area is 121 Å².